The summed E-state index contributed by atoms with van der Waals surface area (Å²) in [5, 5.41) is 3.21. The van der Waals surface area contributed by atoms with Crippen molar-refractivity contribution in [1.82, 2.24) is 24.7 Å². The molecule has 0 atom stereocenters. The minimum absolute atomic E-state index is 0.145. The number of nitrogens with zero attached hydrogens (tertiary/aromatic N) is 4. The highest BCUT2D eigenvalue weighted by molar-refractivity contribution is 7.99. The van der Waals surface area contributed by atoms with E-state index in [0.717, 1.165) is 11.8 Å². The van der Waals surface area contributed by atoms with Crippen molar-refractivity contribution < 1.29 is 0 Å². The molecule has 18 heavy (non-hydrogen) atoms. The van der Waals surface area contributed by atoms with Crippen LogP contribution in [0.25, 0.3) is 0 Å². The first-order chi connectivity index (χ1) is 8.45. The van der Waals surface area contributed by atoms with Gasteiger partial charge in [0.15, 0.2) is 5.16 Å². The van der Waals surface area contributed by atoms with Gasteiger partial charge in [-0.05, 0) is 24.8 Å². The Bertz CT molecular complexity index is 687. The number of nitrogens with two attached hydrogens (primary N) is 1. The fourth-order valence-corrected chi connectivity index (χ4v) is 2.13. The molecule has 2 aromatic heterocycles. The smallest absolute Gasteiger partial charge is 0.339 e. The van der Waals surface area contributed by atoms with Gasteiger partial charge in [0.2, 0.25) is 5.95 Å². The van der Waals surface area contributed by atoms with Gasteiger partial charge in [-0.15, -0.1) is 0 Å². The molecule has 0 aliphatic heterocycles. The summed E-state index contributed by atoms with van der Waals surface area (Å²) < 4.78 is 1.35. The maximum absolute atomic E-state index is 11.2. The standard InChI is InChI=1S/C9H10N6O2S/c1-4-3-5(12-8(10)11-4)18-9-13-6(16)7(17)14-15(9)2/h3H,1-2H3,(H,14,17)(H2,10,11,12). The van der Waals surface area contributed by atoms with Crippen LogP contribution in [0.15, 0.2) is 25.8 Å². The zero-order valence-corrected chi connectivity index (χ0v) is 10.5. The summed E-state index contributed by atoms with van der Waals surface area (Å²) >= 11 is 1.12. The van der Waals surface area contributed by atoms with Gasteiger partial charge in [0.1, 0.15) is 5.03 Å². The number of rotatable bonds is 2. The molecule has 2 heterocycles. The van der Waals surface area contributed by atoms with Crippen LogP contribution < -0.4 is 16.9 Å². The average molecular weight is 266 g/mol. The minimum Gasteiger partial charge on any atom is -0.368 e. The van der Waals surface area contributed by atoms with E-state index in [1.165, 1.54) is 4.68 Å². The number of hydrogen-bond acceptors (Lipinski definition) is 7. The monoisotopic (exact) mass is 266 g/mol. The maximum atomic E-state index is 11.2. The van der Waals surface area contributed by atoms with Crippen LogP contribution in [0.5, 0.6) is 0 Å². The van der Waals surface area contributed by atoms with Crippen LogP contribution in [0.1, 0.15) is 5.69 Å². The van der Waals surface area contributed by atoms with Gasteiger partial charge in [-0.25, -0.2) is 9.97 Å². The van der Waals surface area contributed by atoms with E-state index in [4.69, 9.17) is 5.73 Å². The Morgan fingerprint density at radius 2 is 2.06 bits per heavy atom. The van der Waals surface area contributed by atoms with Crippen LogP contribution in [-0.2, 0) is 7.05 Å². The molecule has 0 aromatic carbocycles. The predicted octanol–water partition coefficient (Wildman–Crippen LogP) is -0.700. The highest BCUT2D eigenvalue weighted by Gasteiger charge is 2.08. The molecule has 3 N–H and O–H groups in total. The quantitative estimate of drug-likeness (QED) is 0.544. The molecule has 0 aliphatic carbocycles. The number of aromatic amines is 1. The molecule has 0 saturated carbocycles. The molecule has 0 amide bonds. The summed E-state index contributed by atoms with van der Waals surface area (Å²) in [6.07, 6.45) is 0. The average Bonchev–Trinajstić information content (AvgIpc) is 2.24. The van der Waals surface area contributed by atoms with Gasteiger partial charge < -0.3 is 5.73 Å². The number of nitrogen functional groups attached to an aromatic ring is 1. The van der Waals surface area contributed by atoms with Crippen molar-refractivity contribution >= 4 is 17.7 Å². The summed E-state index contributed by atoms with van der Waals surface area (Å²) in [6.45, 7) is 1.78. The second-order valence-corrected chi connectivity index (χ2v) is 4.49. The van der Waals surface area contributed by atoms with Crippen LogP contribution >= 0.6 is 11.8 Å². The molecule has 0 bridgehead atoms. The van der Waals surface area contributed by atoms with Crippen LogP contribution in [0.2, 0.25) is 0 Å². The lowest BCUT2D eigenvalue weighted by molar-refractivity contribution is 0.596. The Morgan fingerprint density at radius 3 is 2.72 bits per heavy atom. The van der Waals surface area contributed by atoms with Crippen LogP contribution in [-0.4, -0.2) is 24.7 Å². The van der Waals surface area contributed by atoms with Crippen molar-refractivity contribution in [3.05, 3.63) is 32.5 Å². The van der Waals surface area contributed by atoms with E-state index in [1.54, 1.807) is 20.0 Å². The normalized spacial score (nSPS) is 10.6. The Kier molecular flexibility index (Phi) is 3.15. The van der Waals surface area contributed by atoms with Gasteiger partial charge in [0.05, 0.1) is 0 Å². The van der Waals surface area contributed by atoms with Crippen LogP contribution in [0.4, 0.5) is 5.95 Å². The first kappa shape index (κ1) is 12.3. The Balaban J connectivity index is 2.43. The van der Waals surface area contributed by atoms with Gasteiger partial charge in [-0.2, -0.15) is 4.98 Å². The zero-order chi connectivity index (χ0) is 13.3. The Hall–Kier alpha value is -2.16. The predicted molar refractivity (Wildman–Crippen MR) is 65.4 cm³/mol. The van der Waals surface area contributed by atoms with Gasteiger partial charge >= 0.3 is 11.1 Å². The molecule has 9 heteroatoms. The topological polar surface area (TPSA) is 120 Å². The van der Waals surface area contributed by atoms with E-state index in [0.29, 0.717) is 15.9 Å². The lowest BCUT2D eigenvalue weighted by atomic mass is 10.5. The number of hydrogen-bond donors (Lipinski definition) is 2. The molecule has 2 rings (SSSR count). The largest absolute Gasteiger partial charge is 0.368 e. The maximum Gasteiger partial charge on any atom is 0.339 e. The number of aromatic nitrogens is 5. The molecule has 0 unspecified atom stereocenters. The van der Waals surface area contributed by atoms with Crippen molar-refractivity contribution in [2.75, 3.05) is 5.73 Å². The van der Waals surface area contributed by atoms with Gasteiger partial charge in [-0.1, -0.05) is 0 Å². The second-order valence-electron chi connectivity index (χ2n) is 3.51. The third kappa shape index (κ3) is 2.56. The molecule has 0 radical (unpaired) electrons. The van der Waals surface area contributed by atoms with Gasteiger partial charge in [0, 0.05) is 12.7 Å². The fourth-order valence-electron chi connectivity index (χ4n) is 1.26. The first-order valence-corrected chi connectivity index (χ1v) is 5.74. The number of H-pyrrole nitrogens is 1. The first-order valence-electron chi connectivity index (χ1n) is 4.92. The summed E-state index contributed by atoms with van der Waals surface area (Å²) in [4.78, 5) is 33.8. The second kappa shape index (κ2) is 4.61. The van der Waals surface area contributed by atoms with Crippen molar-refractivity contribution in [2.45, 2.75) is 17.1 Å². The minimum atomic E-state index is -0.839. The molecular weight excluding hydrogens is 256 g/mol. The highest BCUT2D eigenvalue weighted by Crippen LogP contribution is 2.22. The molecule has 0 spiro atoms. The van der Waals surface area contributed by atoms with Gasteiger partial charge in [0.25, 0.3) is 0 Å². The Morgan fingerprint density at radius 1 is 1.33 bits per heavy atom. The highest BCUT2D eigenvalue weighted by atomic mass is 32.2. The summed E-state index contributed by atoms with van der Waals surface area (Å²) in [5.41, 5.74) is 4.63. The van der Waals surface area contributed by atoms with E-state index >= 15 is 0 Å². The SMILES string of the molecule is Cc1cc(Sc2nc(=O)c(=O)[nH]n2C)nc(N)n1. The Labute approximate surface area is 105 Å². The lowest BCUT2D eigenvalue weighted by Crippen LogP contribution is -2.33. The molecule has 8 nitrogen and oxygen atoms in total. The lowest BCUT2D eigenvalue weighted by Gasteiger charge is -2.05. The third-order valence-corrected chi connectivity index (χ3v) is 2.96. The number of nitrogens with one attached hydrogen (secondary N) is 1. The summed E-state index contributed by atoms with van der Waals surface area (Å²) in [7, 11) is 1.58. The van der Waals surface area contributed by atoms with Crippen molar-refractivity contribution in [2.24, 2.45) is 7.05 Å². The van der Waals surface area contributed by atoms with E-state index in [1.807, 2.05) is 0 Å². The summed E-state index contributed by atoms with van der Waals surface area (Å²) in [6, 6.07) is 1.71. The van der Waals surface area contributed by atoms with Crippen molar-refractivity contribution in [3.8, 4) is 0 Å². The molecule has 2 aromatic rings. The van der Waals surface area contributed by atoms with E-state index in [-0.39, 0.29) is 5.95 Å². The van der Waals surface area contributed by atoms with E-state index < -0.39 is 11.1 Å². The molecule has 0 saturated heterocycles. The van der Waals surface area contributed by atoms with Crippen molar-refractivity contribution in [3.63, 3.8) is 0 Å². The molecule has 94 valence electrons. The van der Waals surface area contributed by atoms with E-state index in [9.17, 15) is 9.59 Å². The molecule has 0 fully saturated rings. The van der Waals surface area contributed by atoms with Gasteiger partial charge in [-0.3, -0.25) is 19.4 Å². The summed E-state index contributed by atoms with van der Waals surface area (Å²) in [5.74, 6) is 0.145. The number of anilines is 1. The number of aryl methyl sites for hydroxylation is 2. The molecule has 0 aliphatic rings. The third-order valence-electron chi connectivity index (χ3n) is 1.99. The molecular formula is C9H10N6O2S. The zero-order valence-electron chi connectivity index (χ0n) is 9.67. The van der Waals surface area contributed by atoms with Crippen molar-refractivity contribution in [1.29, 1.82) is 0 Å². The van der Waals surface area contributed by atoms with Crippen LogP contribution in [0.3, 0.4) is 0 Å². The van der Waals surface area contributed by atoms with Crippen LogP contribution in [0, 0.1) is 6.92 Å². The van der Waals surface area contributed by atoms with E-state index in [2.05, 4.69) is 20.1 Å². The fraction of sp³-hybridized carbons (Fsp3) is 0.222.